The van der Waals surface area contributed by atoms with E-state index in [2.05, 4.69) is 5.32 Å². The number of hydrogen-bond donors (Lipinski definition) is 2. The number of carboxylic acids is 1. The van der Waals surface area contributed by atoms with Crippen LogP contribution in [0, 0.1) is 5.92 Å². The molecule has 0 aromatic carbocycles. The predicted molar refractivity (Wildman–Crippen MR) is 69.3 cm³/mol. The Morgan fingerprint density at radius 1 is 1.22 bits per heavy atom. The van der Waals surface area contributed by atoms with Gasteiger partial charge < -0.3 is 15.3 Å². The van der Waals surface area contributed by atoms with E-state index >= 15 is 0 Å². The molecular formula is C13H24N2O3. The summed E-state index contributed by atoms with van der Waals surface area (Å²) in [5.74, 6) is -0.444. The van der Waals surface area contributed by atoms with Gasteiger partial charge in [0.05, 0.1) is 0 Å². The number of hydrogen-bond acceptors (Lipinski definition) is 3. The zero-order chi connectivity index (χ0) is 13.2. The van der Waals surface area contributed by atoms with Crippen molar-refractivity contribution >= 4 is 12.4 Å². The van der Waals surface area contributed by atoms with Crippen LogP contribution in [-0.2, 0) is 9.59 Å². The molecule has 2 N–H and O–H groups in total. The van der Waals surface area contributed by atoms with Gasteiger partial charge in [-0.05, 0) is 44.7 Å². The fraction of sp³-hybridized carbons (Fsp3) is 0.846. The van der Waals surface area contributed by atoms with E-state index < -0.39 is 5.97 Å². The fourth-order valence-corrected chi connectivity index (χ4v) is 2.40. The van der Waals surface area contributed by atoms with Gasteiger partial charge in [-0.15, -0.1) is 0 Å². The van der Waals surface area contributed by atoms with Crippen LogP contribution in [0.1, 0.15) is 38.5 Å². The number of carbonyl (C=O) groups is 2. The van der Waals surface area contributed by atoms with Crippen LogP contribution in [0.25, 0.3) is 0 Å². The molecule has 0 saturated carbocycles. The summed E-state index contributed by atoms with van der Waals surface area (Å²) in [6.45, 7) is 3.38. The number of nitrogens with one attached hydrogen (secondary N) is 1. The molecule has 1 rings (SSSR count). The van der Waals surface area contributed by atoms with Crippen LogP contribution in [0.15, 0.2) is 0 Å². The summed E-state index contributed by atoms with van der Waals surface area (Å²) < 4.78 is 0. The molecule has 18 heavy (non-hydrogen) atoms. The van der Waals surface area contributed by atoms with E-state index in [-0.39, 0.29) is 12.3 Å². The van der Waals surface area contributed by atoms with Crippen molar-refractivity contribution < 1.29 is 14.7 Å². The molecule has 0 aromatic rings. The van der Waals surface area contributed by atoms with Crippen molar-refractivity contribution in [2.24, 2.45) is 5.92 Å². The second kappa shape index (κ2) is 8.91. The minimum absolute atomic E-state index is 0.263. The van der Waals surface area contributed by atoms with Gasteiger partial charge in [-0.1, -0.05) is 6.42 Å². The number of amides is 1. The first-order chi connectivity index (χ1) is 8.72. The normalized spacial score (nSPS) is 23.8. The summed E-state index contributed by atoms with van der Waals surface area (Å²) in [7, 11) is 0. The molecule has 1 amide bonds. The van der Waals surface area contributed by atoms with Crippen molar-refractivity contribution in [1.29, 1.82) is 0 Å². The number of carboxylic acid groups (broad SMARTS) is 1. The third kappa shape index (κ3) is 6.59. The van der Waals surface area contributed by atoms with Gasteiger partial charge in [0.15, 0.2) is 0 Å². The minimum Gasteiger partial charge on any atom is -0.481 e. The molecule has 5 nitrogen and oxygen atoms in total. The van der Waals surface area contributed by atoms with Crippen molar-refractivity contribution in [1.82, 2.24) is 10.2 Å². The molecule has 1 saturated heterocycles. The van der Waals surface area contributed by atoms with Crippen molar-refractivity contribution in [3.63, 3.8) is 0 Å². The van der Waals surface area contributed by atoms with Crippen LogP contribution < -0.4 is 5.32 Å². The first kappa shape index (κ1) is 15.0. The molecule has 1 heterocycles. The van der Waals surface area contributed by atoms with Crippen LogP contribution in [0.4, 0.5) is 0 Å². The molecule has 1 unspecified atom stereocenters. The maximum Gasteiger partial charge on any atom is 0.303 e. The summed E-state index contributed by atoms with van der Waals surface area (Å²) in [5.41, 5.74) is 0. The molecule has 0 bridgehead atoms. The number of rotatable bonds is 3. The SMILES string of the molecule is O=CN1CCCCC(CC(=O)O)CCNCCC1. The van der Waals surface area contributed by atoms with Gasteiger partial charge in [-0.2, -0.15) is 0 Å². The van der Waals surface area contributed by atoms with Gasteiger partial charge in [-0.25, -0.2) is 0 Å². The first-order valence-corrected chi connectivity index (χ1v) is 6.84. The second-order valence-electron chi connectivity index (χ2n) is 4.99. The van der Waals surface area contributed by atoms with E-state index in [0.717, 1.165) is 64.7 Å². The van der Waals surface area contributed by atoms with Gasteiger partial charge in [-0.3, -0.25) is 9.59 Å². The Balaban J connectivity index is 2.38. The average molecular weight is 256 g/mol. The Bertz CT molecular complexity index is 259. The Hall–Kier alpha value is -1.10. The predicted octanol–water partition coefficient (Wildman–Crippen LogP) is 1.09. The molecule has 0 aliphatic carbocycles. The van der Waals surface area contributed by atoms with Crippen LogP contribution >= 0.6 is 0 Å². The molecule has 5 heteroatoms. The highest BCUT2D eigenvalue weighted by atomic mass is 16.4. The Kier molecular flexibility index (Phi) is 7.41. The molecule has 1 atom stereocenters. The number of aliphatic carboxylic acids is 1. The first-order valence-electron chi connectivity index (χ1n) is 6.84. The molecular weight excluding hydrogens is 232 g/mol. The lowest BCUT2D eigenvalue weighted by atomic mass is 9.94. The van der Waals surface area contributed by atoms with Gasteiger partial charge in [0.25, 0.3) is 0 Å². The zero-order valence-electron chi connectivity index (χ0n) is 10.9. The Labute approximate surface area is 109 Å². The summed E-state index contributed by atoms with van der Waals surface area (Å²) in [6, 6.07) is 0. The second-order valence-corrected chi connectivity index (χ2v) is 4.99. The Morgan fingerprint density at radius 3 is 2.72 bits per heavy atom. The van der Waals surface area contributed by atoms with Crippen molar-refractivity contribution in [2.75, 3.05) is 26.2 Å². The van der Waals surface area contributed by atoms with Gasteiger partial charge in [0.1, 0.15) is 0 Å². The third-order valence-electron chi connectivity index (χ3n) is 3.45. The van der Waals surface area contributed by atoms with Crippen LogP contribution in [0.3, 0.4) is 0 Å². The largest absolute Gasteiger partial charge is 0.481 e. The monoisotopic (exact) mass is 256 g/mol. The molecule has 104 valence electrons. The van der Waals surface area contributed by atoms with E-state index in [1.165, 1.54) is 0 Å². The molecule has 1 aliphatic heterocycles. The summed E-state index contributed by atoms with van der Waals surface area (Å²) >= 11 is 0. The quantitative estimate of drug-likeness (QED) is 0.742. The van der Waals surface area contributed by atoms with E-state index in [1.807, 2.05) is 4.90 Å². The number of nitrogens with zero attached hydrogens (tertiary/aromatic N) is 1. The lowest BCUT2D eigenvalue weighted by molar-refractivity contribution is -0.138. The molecule has 0 spiro atoms. The van der Waals surface area contributed by atoms with E-state index in [9.17, 15) is 9.59 Å². The summed E-state index contributed by atoms with van der Waals surface area (Å²) in [4.78, 5) is 23.4. The smallest absolute Gasteiger partial charge is 0.303 e. The van der Waals surface area contributed by atoms with Crippen LogP contribution in [-0.4, -0.2) is 48.6 Å². The third-order valence-corrected chi connectivity index (χ3v) is 3.45. The lowest BCUT2D eigenvalue weighted by Gasteiger charge is -2.20. The molecule has 1 fully saturated rings. The van der Waals surface area contributed by atoms with E-state index in [4.69, 9.17) is 5.11 Å². The number of carbonyl (C=O) groups excluding carboxylic acids is 1. The van der Waals surface area contributed by atoms with Gasteiger partial charge >= 0.3 is 5.97 Å². The van der Waals surface area contributed by atoms with Gasteiger partial charge in [0.2, 0.25) is 6.41 Å². The van der Waals surface area contributed by atoms with Crippen molar-refractivity contribution in [3.8, 4) is 0 Å². The highest BCUT2D eigenvalue weighted by Gasteiger charge is 2.13. The maximum absolute atomic E-state index is 10.8. The standard InChI is InChI=1S/C13H24N2O3/c16-11-15-8-2-1-4-12(10-13(17)18)5-7-14-6-3-9-15/h11-12,14H,1-10H2,(H,17,18). The van der Waals surface area contributed by atoms with Crippen molar-refractivity contribution in [3.05, 3.63) is 0 Å². The minimum atomic E-state index is -0.707. The Morgan fingerprint density at radius 2 is 2.00 bits per heavy atom. The fourth-order valence-electron chi connectivity index (χ4n) is 2.40. The topological polar surface area (TPSA) is 69.6 Å². The van der Waals surface area contributed by atoms with Crippen LogP contribution in [0.2, 0.25) is 0 Å². The van der Waals surface area contributed by atoms with Gasteiger partial charge in [0, 0.05) is 19.5 Å². The summed E-state index contributed by atoms with van der Waals surface area (Å²) in [5, 5.41) is 12.2. The zero-order valence-corrected chi connectivity index (χ0v) is 10.9. The highest BCUT2D eigenvalue weighted by molar-refractivity contribution is 5.66. The lowest BCUT2D eigenvalue weighted by Crippen LogP contribution is -2.29. The van der Waals surface area contributed by atoms with E-state index in [1.54, 1.807) is 0 Å². The highest BCUT2D eigenvalue weighted by Crippen LogP contribution is 2.17. The van der Waals surface area contributed by atoms with Crippen molar-refractivity contribution in [2.45, 2.75) is 38.5 Å². The summed E-state index contributed by atoms with van der Waals surface area (Å²) in [6.07, 6.45) is 6.00. The maximum atomic E-state index is 10.8. The molecule has 0 radical (unpaired) electrons. The molecule has 0 aromatic heterocycles. The van der Waals surface area contributed by atoms with Crippen LogP contribution in [0.5, 0.6) is 0 Å². The van der Waals surface area contributed by atoms with E-state index in [0.29, 0.717) is 0 Å². The average Bonchev–Trinajstić information content (AvgIpc) is 2.32. The molecule has 1 aliphatic rings.